The number of halogens is 1. The molecule has 1 saturated heterocycles. The SMILES string of the molecule is COc1cc2c(cc1Nc1ncc(Cl)c(N[C@H]3[C@@H](OC(N)=O)[C@@H]4C=C[C@H]3C4)n1)CCC(N1CCN(C)CC1)CC2. The number of hydrogen-bond donors (Lipinski definition) is 3. The number of ether oxygens (including phenoxy) is 2. The van der Waals surface area contributed by atoms with Crippen LogP contribution in [-0.2, 0) is 17.6 Å². The molecule has 0 radical (unpaired) electrons. The maximum atomic E-state index is 11.5. The molecule has 1 aliphatic heterocycles. The van der Waals surface area contributed by atoms with Crippen LogP contribution in [0.5, 0.6) is 5.75 Å². The number of rotatable bonds is 7. The first kappa shape index (κ1) is 27.1. The van der Waals surface area contributed by atoms with E-state index < -0.39 is 6.09 Å². The zero-order valence-corrected chi connectivity index (χ0v) is 23.9. The van der Waals surface area contributed by atoms with Crippen LogP contribution in [0.15, 0.2) is 30.5 Å². The van der Waals surface area contributed by atoms with Crippen molar-refractivity contribution >= 4 is 35.1 Å². The van der Waals surface area contributed by atoms with Gasteiger partial charge < -0.3 is 30.7 Å². The quantitative estimate of drug-likeness (QED) is 0.339. The van der Waals surface area contributed by atoms with Crippen molar-refractivity contribution in [2.75, 3.05) is 51.0 Å². The number of carbonyl (C=O) groups is 1. The van der Waals surface area contributed by atoms with Crippen molar-refractivity contribution < 1.29 is 14.3 Å². The van der Waals surface area contributed by atoms with Crippen molar-refractivity contribution in [3.8, 4) is 5.75 Å². The molecule has 2 aromatic rings. The fraction of sp³-hybridized carbons (Fsp3) is 0.552. The molecule has 1 unspecified atom stereocenters. The minimum atomic E-state index is -0.779. The van der Waals surface area contributed by atoms with Gasteiger partial charge in [0.15, 0.2) is 5.82 Å². The van der Waals surface area contributed by atoms with E-state index in [1.165, 1.54) is 17.5 Å². The van der Waals surface area contributed by atoms with Gasteiger partial charge in [0.05, 0.1) is 25.0 Å². The molecule has 1 saturated carbocycles. The van der Waals surface area contributed by atoms with E-state index in [9.17, 15) is 4.79 Å². The molecule has 214 valence electrons. The van der Waals surface area contributed by atoms with Gasteiger partial charge in [0.1, 0.15) is 16.9 Å². The average molecular weight is 568 g/mol. The van der Waals surface area contributed by atoms with Crippen molar-refractivity contribution in [3.05, 3.63) is 46.6 Å². The molecule has 10 nitrogen and oxygen atoms in total. The standard InChI is InChI=1S/C29H38ClN7O3/c1-36-9-11-37(12-10-36)21-7-5-17-14-23(24(39-2)15-18(17)6-8-21)33-29-32-16-22(30)27(35-29)34-25-19-3-4-20(13-19)26(25)40-28(31)38/h3-4,14-16,19-21,25-26H,5-13H2,1-2H3,(H2,31,38)(H2,32,33,34,35)/t19-,20+,21?,25+,26-/m0/s1. The number of nitrogens with zero attached hydrogens (tertiary/aromatic N) is 4. The van der Waals surface area contributed by atoms with Gasteiger partial charge in [-0.25, -0.2) is 9.78 Å². The van der Waals surface area contributed by atoms with Crippen LogP contribution < -0.4 is 21.1 Å². The molecular weight excluding hydrogens is 530 g/mol. The number of carbonyl (C=O) groups excluding carboxylic acids is 1. The molecule has 4 N–H and O–H groups in total. The van der Waals surface area contributed by atoms with Gasteiger partial charge in [-0.3, -0.25) is 4.90 Å². The van der Waals surface area contributed by atoms with Crippen molar-refractivity contribution in [2.45, 2.75) is 50.3 Å². The van der Waals surface area contributed by atoms with Crippen LogP contribution >= 0.6 is 11.6 Å². The average Bonchev–Trinajstić information content (AvgIpc) is 3.47. The summed E-state index contributed by atoms with van der Waals surface area (Å²) in [6.07, 6.45) is 9.94. The Labute approximate surface area is 240 Å². The van der Waals surface area contributed by atoms with Gasteiger partial charge in [-0.15, -0.1) is 0 Å². The van der Waals surface area contributed by atoms with E-state index in [4.69, 9.17) is 26.8 Å². The van der Waals surface area contributed by atoms with Gasteiger partial charge in [0.25, 0.3) is 0 Å². The number of likely N-dealkylation sites (N-methyl/N-ethyl adjacent to an activating group) is 1. The molecule has 1 amide bonds. The number of methoxy groups -OCH3 is 1. The Morgan fingerprint density at radius 1 is 1.10 bits per heavy atom. The first-order valence-corrected chi connectivity index (χ1v) is 14.6. The maximum Gasteiger partial charge on any atom is 0.404 e. The zero-order valence-electron chi connectivity index (χ0n) is 23.1. The lowest BCUT2D eigenvalue weighted by Gasteiger charge is -2.37. The maximum absolute atomic E-state index is 11.5. The molecule has 5 atom stereocenters. The second kappa shape index (κ2) is 11.4. The third-order valence-corrected chi connectivity index (χ3v) is 9.28. The predicted molar refractivity (Wildman–Crippen MR) is 155 cm³/mol. The summed E-state index contributed by atoms with van der Waals surface area (Å²) < 4.78 is 11.2. The van der Waals surface area contributed by atoms with Gasteiger partial charge >= 0.3 is 6.09 Å². The second-order valence-electron chi connectivity index (χ2n) is 11.4. The van der Waals surface area contributed by atoms with Crippen molar-refractivity contribution in [1.82, 2.24) is 19.8 Å². The smallest absolute Gasteiger partial charge is 0.404 e. The third kappa shape index (κ3) is 5.57. The Bertz CT molecular complexity index is 1280. The zero-order chi connectivity index (χ0) is 27.8. The highest BCUT2D eigenvalue weighted by Gasteiger charge is 2.47. The van der Waals surface area contributed by atoms with Gasteiger partial charge in [0, 0.05) is 44.1 Å². The molecule has 3 aliphatic carbocycles. The number of hydrogen-bond acceptors (Lipinski definition) is 9. The summed E-state index contributed by atoms with van der Waals surface area (Å²) in [4.78, 5) is 25.7. The predicted octanol–water partition coefficient (Wildman–Crippen LogP) is 3.83. The Kier molecular flexibility index (Phi) is 7.74. The van der Waals surface area contributed by atoms with Crippen LogP contribution in [0.25, 0.3) is 0 Å². The monoisotopic (exact) mass is 567 g/mol. The number of primary amides is 1. The first-order chi connectivity index (χ1) is 19.4. The molecule has 6 rings (SSSR count). The molecule has 2 fully saturated rings. The van der Waals surface area contributed by atoms with E-state index >= 15 is 0 Å². The minimum Gasteiger partial charge on any atom is -0.495 e. The summed E-state index contributed by atoms with van der Waals surface area (Å²) in [5.41, 5.74) is 8.86. The number of benzene rings is 1. The summed E-state index contributed by atoms with van der Waals surface area (Å²) in [7, 11) is 3.89. The molecular formula is C29H38ClN7O3. The van der Waals surface area contributed by atoms with E-state index in [-0.39, 0.29) is 24.0 Å². The Hall–Kier alpha value is -3.08. The van der Waals surface area contributed by atoms with E-state index in [0.29, 0.717) is 22.8 Å². The Balaban J connectivity index is 1.18. The number of aryl methyl sites for hydroxylation is 2. The molecule has 2 heterocycles. The summed E-state index contributed by atoms with van der Waals surface area (Å²) in [6, 6.07) is 4.79. The topological polar surface area (TPSA) is 118 Å². The number of nitrogens with one attached hydrogen (secondary N) is 2. The van der Waals surface area contributed by atoms with Gasteiger partial charge in [-0.2, -0.15) is 4.98 Å². The number of nitrogens with two attached hydrogens (primary N) is 1. The molecule has 11 heteroatoms. The molecule has 0 spiro atoms. The third-order valence-electron chi connectivity index (χ3n) is 9.00. The number of anilines is 3. The largest absolute Gasteiger partial charge is 0.495 e. The molecule has 1 aromatic carbocycles. The molecule has 1 aromatic heterocycles. The summed E-state index contributed by atoms with van der Waals surface area (Å²) in [5, 5.41) is 7.15. The van der Waals surface area contributed by atoms with Crippen LogP contribution in [0, 0.1) is 11.8 Å². The van der Waals surface area contributed by atoms with E-state index in [2.05, 4.69) is 61.7 Å². The highest BCUT2D eigenvalue weighted by molar-refractivity contribution is 6.32. The van der Waals surface area contributed by atoms with Crippen molar-refractivity contribution in [1.29, 1.82) is 0 Å². The summed E-state index contributed by atoms with van der Waals surface area (Å²) in [6.45, 7) is 4.57. The first-order valence-electron chi connectivity index (χ1n) is 14.2. The fourth-order valence-electron chi connectivity index (χ4n) is 6.81. The van der Waals surface area contributed by atoms with Crippen LogP contribution in [0.2, 0.25) is 5.02 Å². The number of piperazine rings is 1. The van der Waals surface area contributed by atoms with E-state index in [1.807, 2.05) is 0 Å². The van der Waals surface area contributed by atoms with Crippen LogP contribution in [-0.4, -0.2) is 84.4 Å². The van der Waals surface area contributed by atoms with Crippen LogP contribution in [0.3, 0.4) is 0 Å². The second-order valence-corrected chi connectivity index (χ2v) is 11.8. The van der Waals surface area contributed by atoms with Crippen LogP contribution in [0.4, 0.5) is 22.2 Å². The van der Waals surface area contributed by atoms with Gasteiger partial charge in [-0.05, 0) is 62.4 Å². The lowest BCUT2D eigenvalue weighted by Crippen LogP contribution is -2.49. The molecule has 40 heavy (non-hydrogen) atoms. The number of fused-ring (bicyclic) bond motifs is 3. The van der Waals surface area contributed by atoms with Crippen molar-refractivity contribution in [3.63, 3.8) is 0 Å². The van der Waals surface area contributed by atoms with Crippen LogP contribution in [0.1, 0.15) is 30.4 Å². The van der Waals surface area contributed by atoms with Gasteiger partial charge in [0.2, 0.25) is 5.95 Å². The fourth-order valence-corrected chi connectivity index (χ4v) is 6.95. The highest BCUT2D eigenvalue weighted by Crippen LogP contribution is 2.43. The number of aromatic nitrogens is 2. The van der Waals surface area contributed by atoms with Crippen molar-refractivity contribution in [2.24, 2.45) is 17.6 Å². The highest BCUT2D eigenvalue weighted by atomic mass is 35.5. The molecule has 2 bridgehead atoms. The van der Waals surface area contributed by atoms with E-state index in [1.54, 1.807) is 13.3 Å². The summed E-state index contributed by atoms with van der Waals surface area (Å²) in [5.74, 6) is 1.98. The van der Waals surface area contributed by atoms with Gasteiger partial charge in [-0.1, -0.05) is 23.8 Å². The number of amides is 1. The Morgan fingerprint density at radius 3 is 2.55 bits per heavy atom. The summed E-state index contributed by atoms with van der Waals surface area (Å²) >= 11 is 6.49. The van der Waals surface area contributed by atoms with E-state index in [0.717, 1.165) is 63.3 Å². The molecule has 4 aliphatic rings. The minimum absolute atomic E-state index is 0.132. The lowest BCUT2D eigenvalue weighted by atomic mass is 9.98. The lowest BCUT2D eigenvalue weighted by molar-refractivity contribution is 0.0853. The Morgan fingerprint density at radius 2 is 1.82 bits per heavy atom. The normalized spacial score (nSPS) is 28.1.